The van der Waals surface area contributed by atoms with Gasteiger partial charge in [0.1, 0.15) is 0 Å². The van der Waals surface area contributed by atoms with Crippen LogP contribution in [0.3, 0.4) is 0 Å². The van der Waals surface area contributed by atoms with Crippen LogP contribution in [0.2, 0.25) is 0 Å². The highest BCUT2D eigenvalue weighted by Crippen LogP contribution is 2.55. The highest BCUT2D eigenvalue weighted by atomic mass is 31.2. The first-order valence-corrected chi connectivity index (χ1v) is 11.3. The van der Waals surface area contributed by atoms with Gasteiger partial charge in [0.2, 0.25) is 0 Å². The Bertz CT molecular complexity index is 627. The summed E-state index contributed by atoms with van der Waals surface area (Å²) in [5, 5.41) is 10.4. The molecule has 0 aliphatic carbocycles. The molecule has 0 spiro atoms. The Morgan fingerprint density at radius 1 is 0.933 bits per heavy atom. The lowest BCUT2D eigenvalue weighted by molar-refractivity contribution is -0.0208. The van der Waals surface area contributed by atoms with Gasteiger partial charge in [-0.1, -0.05) is 19.4 Å². The lowest BCUT2D eigenvalue weighted by Crippen LogP contribution is -2.11. The third kappa shape index (κ3) is 10.2. The van der Waals surface area contributed by atoms with Crippen LogP contribution in [-0.4, -0.2) is 70.8 Å². The zero-order valence-corrected chi connectivity index (χ0v) is 18.7. The average Bonchev–Trinajstić information content (AvgIpc) is 2.73. The maximum absolute atomic E-state index is 12.3. The van der Waals surface area contributed by atoms with Crippen LogP contribution in [0, 0.1) is 0 Å². The Morgan fingerprint density at radius 2 is 1.53 bits per heavy atom. The van der Waals surface area contributed by atoms with Crippen molar-refractivity contribution in [2.75, 3.05) is 60.8 Å². The predicted molar refractivity (Wildman–Crippen MR) is 109 cm³/mol. The number of hydrogen-bond acceptors (Lipinski definition) is 9. The molecule has 1 aromatic carbocycles. The number of ether oxygens (including phenoxy) is 6. The molecule has 2 atom stereocenters. The summed E-state index contributed by atoms with van der Waals surface area (Å²) in [7, 11) is -1.15. The summed E-state index contributed by atoms with van der Waals surface area (Å²) < 4.78 is 48.8. The van der Waals surface area contributed by atoms with E-state index >= 15 is 0 Å². The van der Waals surface area contributed by atoms with Crippen LogP contribution in [0.25, 0.3) is 0 Å². The van der Waals surface area contributed by atoms with Gasteiger partial charge in [-0.05, 0) is 24.1 Å². The minimum absolute atomic E-state index is 0.0508. The summed E-state index contributed by atoms with van der Waals surface area (Å²) in [6, 6.07) is 4.37. The number of methoxy groups -OCH3 is 2. The average molecular weight is 452 g/mol. The zero-order valence-electron chi connectivity index (χ0n) is 17.8. The van der Waals surface area contributed by atoms with Gasteiger partial charge in [0.05, 0.1) is 33.0 Å². The molecule has 0 saturated carbocycles. The van der Waals surface area contributed by atoms with Crippen LogP contribution in [0.5, 0.6) is 11.5 Å². The summed E-state index contributed by atoms with van der Waals surface area (Å²) in [6.07, 6.45) is 1.41. The molecular weight excluding hydrogens is 419 g/mol. The van der Waals surface area contributed by atoms with E-state index in [9.17, 15) is 14.6 Å². The highest BCUT2D eigenvalue weighted by Gasteiger charge is 2.32. The Morgan fingerprint density at radius 3 is 2.10 bits per heavy atom. The molecule has 174 valence electrons. The van der Waals surface area contributed by atoms with Gasteiger partial charge in [-0.15, -0.1) is 0 Å². The fourth-order valence-corrected chi connectivity index (χ4v) is 3.20. The smallest absolute Gasteiger partial charge is 0.360 e. The SMILES string of the molecule is CCCCOP(=O)(O)C(O)c1ccc(OCOCCOC)c(OCOCCOC)c1. The Labute approximate surface area is 177 Å². The molecule has 0 aliphatic rings. The molecule has 30 heavy (non-hydrogen) atoms. The molecule has 1 aromatic rings. The molecular formula is C19H33O10P. The summed E-state index contributed by atoms with van der Waals surface area (Å²) >= 11 is 0. The van der Waals surface area contributed by atoms with Crippen molar-refractivity contribution in [2.45, 2.75) is 25.6 Å². The molecule has 0 saturated heterocycles. The van der Waals surface area contributed by atoms with E-state index in [-0.39, 0.29) is 31.5 Å². The van der Waals surface area contributed by atoms with Crippen LogP contribution in [0.4, 0.5) is 0 Å². The molecule has 0 aliphatic heterocycles. The van der Waals surface area contributed by atoms with Crippen LogP contribution >= 0.6 is 7.60 Å². The first kappa shape index (κ1) is 26.8. The van der Waals surface area contributed by atoms with Crippen molar-refractivity contribution >= 4 is 7.60 Å². The van der Waals surface area contributed by atoms with Gasteiger partial charge >= 0.3 is 7.60 Å². The van der Waals surface area contributed by atoms with Crippen molar-refractivity contribution in [1.29, 1.82) is 0 Å². The second kappa shape index (κ2) is 15.6. The molecule has 11 heteroatoms. The van der Waals surface area contributed by atoms with Crippen molar-refractivity contribution in [1.82, 2.24) is 0 Å². The molecule has 2 unspecified atom stereocenters. The Hall–Kier alpha value is -1.23. The Balaban J connectivity index is 2.84. The summed E-state index contributed by atoms with van der Waals surface area (Å²) in [5.41, 5.74) is 0.150. The number of rotatable bonds is 18. The van der Waals surface area contributed by atoms with E-state index in [1.807, 2.05) is 6.92 Å². The van der Waals surface area contributed by atoms with Crippen LogP contribution in [0.1, 0.15) is 31.2 Å². The third-order valence-corrected chi connectivity index (χ3v) is 5.28. The largest absolute Gasteiger partial charge is 0.464 e. The highest BCUT2D eigenvalue weighted by molar-refractivity contribution is 7.53. The zero-order chi connectivity index (χ0) is 22.2. The van der Waals surface area contributed by atoms with Crippen molar-refractivity contribution in [2.24, 2.45) is 0 Å². The fraction of sp³-hybridized carbons (Fsp3) is 0.684. The number of benzene rings is 1. The van der Waals surface area contributed by atoms with Crippen LogP contribution in [-0.2, 0) is 28.0 Å². The standard InChI is InChI=1S/C19H33O10P/c1-4-5-8-29-30(21,22)19(20)16-6-7-17(27-14-25-11-9-23-2)18(13-16)28-15-26-12-10-24-3/h6-7,13,19-20H,4-5,8-12,14-15H2,1-3H3,(H,21,22). The molecule has 1 rings (SSSR count). The quantitative estimate of drug-likeness (QED) is 0.195. The van der Waals surface area contributed by atoms with Gasteiger partial charge in [0, 0.05) is 14.2 Å². The molecule has 0 aromatic heterocycles. The maximum Gasteiger partial charge on any atom is 0.360 e. The number of aliphatic hydroxyl groups excluding tert-OH is 1. The molecule has 0 amide bonds. The van der Waals surface area contributed by atoms with Gasteiger partial charge in [-0.25, -0.2) is 0 Å². The monoisotopic (exact) mass is 452 g/mol. The summed E-state index contributed by atoms with van der Waals surface area (Å²) in [6.45, 7) is 3.36. The molecule has 0 heterocycles. The van der Waals surface area contributed by atoms with Crippen LogP contribution < -0.4 is 9.47 Å². The Kier molecular flexibility index (Phi) is 13.9. The van der Waals surface area contributed by atoms with E-state index in [4.69, 9.17) is 32.9 Å². The fourth-order valence-electron chi connectivity index (χ4n) is 2.13. The second-order valence-electron chi connectivity index (χ2n) is 6.16. The van der Waals surface area contributed by atoms with E-state index in [2.05, 4.69) is 0 Å². The lowest BCUT2D eigenvalue weighted by Gasteiger charge is -2.20. The first-order valence-electron chi connectivity index (χ1n) is 9.64. The van der Waals surface area contributed by atoms with Crippen molar-refractivity contribution < 1.29 is 47.5 Å². The van der Waals surface area contributed by atoms with Gasteiger partial charge in [-0.2, -0.15) is 0 Å². The van der Waals surface area contributed by atoms with Crippen molar-refractivity contribution in [3.8, 4) is 11.5 Å². The topological polar surface area (TPSA) is 122 Å². The van der Waals surface area contributed by atoms with E-state index in [1.54, 1.807) is 14.2 Å². The van der Waals surface area contributed by atoms with Gasteiger partial charge < -0.3 is 42.9 Å². The van der Waals surface area contributed by atoms with Gasteiger partial charge in [-0.3, -0.25) is 4.57 Å². The normalized spacial score (nSPS) is 14.3. The number of aliphatic hydroxyl groups is 1. The minimum Gasteiger partial charge on any atom is -0.464 e. The van der Waals surface area contributed by atoms with Gasteiger partial charge in [0.25, 0.3) is 0 Å². The number of hydrogen-bond donors (Lipinski definition) is 2. The van der Waals surface area contributed by atoms with Gasteiger partial charge in [0.15, 0.2) is 30.9 Å². The predicted octanol–water partition coefficient (Wildman–Crippen LogP) is 2.68. The van der Waals surface area contributed by atoms with Crippen molar-refractivity contribution in [3.63, 3.8) is 0 Å². The molecule has 10 nitrogen and oxygen atoms in total. The summed E-state index contributed by atoms with van der Waals surface area (Å²) in [5.74, 6) is -1.19. The molecule has 2 N–H and O–H groups in total. The maximum atomic E-state index is 12.3. The molecule has 0 fully saturated rings. The second-order valence-corrected chi connectivity index (χ2v) is 8.03. The summed E-state index contributed by atoms with van der Waals surface area (Å²) in [4.78, 5) is 10.1. The van der Waals surface area contributed by atoms with E-state index in [0.29, 0.717) is 38.6 Å². The van der Waals surface area contributed by atoms with Crippen molar-refractivity contribution in [3.05, 3.63) is 23.8 Å². The van der Waals surface area contributed by atoms with E-state index in [0.717, 1.165) is 6.42 Å². The number of unbranched alkanes of at least 4 members (excludes halogenated alkanes) is 1. The van der Waals surface area contributed by atoms with Crippen LogP contribution in [0.15, 0.2) is 18.2 Å². The first-order chi connectivity index (χ1) is 14.5. The van der Waals surface area contributed by atoms with E-state index in [1.165, 1.54) is 18.2 Å². The molecule has 0 radical (unpaired) electrons. The molecule has 0 bridgehead atoms. The third-order valence-electron chi connectivity index (χ3n) is 3.81. The lowest BCUT2D eigenvalue weighted by atomic mass is 10.2. The minimum atomic E-state index is -4.27. The van der Waals surface area contributed by atoms with E-state index < -0.39 is 13.4 Å².